The molecular weight excluding hydrogens is 234 g/mol. The van der Waals surface area contributed by atoms with Crippen LogP contribution in [-0.4, -0.2) is 49.7 Å². The van der Waals surface area contributed by atoms with Crippen molar-refractivity contribution in [1.82, 2.24) is 15.5 Å². The van der Waals surface area contributed by atoms with Crippen molar-refractivity contribution in [2.24, 2.45) is 11.3 Å². The highest BCUT2D eigenvalue weighted by Gasteiger charge is 2.42. The van der Waals surface area contributed by atoms with Crippen LogP contribution in [0.5, 0.6) is 0 Å². The van der Waals surface area contributed by atoms with Crippen molar-refractivity contribution in [1.29, 1.82) is 0 Å². The van der Waals surface area contributed by atoms with E-state index in [0.717, 1.165) is 23.4 Å². The Kier molecular flexibility index (Phi) is 4.16. The molecule has 0 aromatic rings. The molecule has 4 fully saturated rings. The van der Waals surface area contributed by atoms with Crippen molar-refractivity contribution >= 4 is 0 Å². The molecule has 3 saturated heterocycles. The van der Waals surface area contributed by atoms with Gasteiger partial charge in [0.2, 0.25) is 0 Å². The molecule has 0 radical (unpaired) electrons. The van der Waals surface area contributed by atoms with Crippen LogP contribution >= 0.6 is 0 Å². The number of fused-ring (bicyclic) bond motifs is 2. The van der Waals surface area contributed by atoms with Gasteiger partial charge in [-0.05, 0) is 43.4 Å². The van der Waals surface area contributed by atoms with Crippen molar-refractivity contribution in [2.75, 3.05) is 32.7 Å². The van der Waals surface area contributed by atoms with Gasteiger partial charge in [0.25, 0.3) is 0 Å². The molecule has 19 heavy (non-hydrogen) atoms. The van der Waals surface area contributed by atoms with Crippen molar-refractivity contribution in [3.63, 3.8) is 0 Å². The molecule has 4 aliphatic rings. The average molecular weight is 265 g/mol. The molecule has 0 amide bonds. The molecule has 3 aliphatic heterocycles. The van der Waals surface area contributed by atoms with E-state index in [1.54, 1.807) is 0 Å². The monoisotopic (exact) mass is 265 g/mol. The number of rotatable bonds is 2. The van der Waals surface area contributed by atoms with Crippen LogP contribution in [-0.2, 0) is 0 Å². The van der Waals surface area contributed by atoms with Crippen LogP contribution in [0.15, 0.2) is 0 Å². The van der Waals surface area contributed by atoms with E-state index in [9.17, 15) is 0 Å². The molecule has 110 valence electrons. The van der Waals surface area contributed by atoms with Gasteiger partial charge in [-0.25, -0.2) is 0 Å². The van der Waals surface area contributed by atoms with Crippen LogP contribution in [0.3, 0.4) is 0 Å². The first-order valence-corrected chi connectivity index (χ1v) is 8.51. The summed E-state index contributed by atoms with van der Waals surface area (Å²) in [6.07, 6.45) is 7.38. The van der Waals surface area contributed by atoms with E-state index < -0.39 is 0 Å². The Labute approximate surface area is 118 Å². The smallest absolute Gasteiger partial charge is 0.0236 e. The van der Waals surface area contributed by atoms with Crippen molar-refractivity contribution in [3.05, 3.63) is 0 Å². The summed E-state index contributed by atoms with van der Waals surface area (Å²) in [5.41, 5.74) is 0.738. The molecule has 2 atom stereocenters. The Balaban J connectivity index is 0.000000528. The fourth-order valence-corrected chi connectivity index (χ4v) is 4.51. The molecule has 2 unspecified atom stereocenters. The first kappa shape index (κ1) is 13.8. The van der Waals surface area contributed by atoms with E-state index >= 15 is 0 Å². The van der Waals surface area contributed by atoms with Crippen LogP contribution in [0.4, 0.5) is 0 Å². The third kappa shape index (κ3) is 2.70. The Hall–Kier alpha value is -0.120. The summed E-state index contributed by atoms with van der Waals surface area (Å²) in [6.45, 7) is 10.6. The second-order valence-electron chi connectivity index (χ2n) is 7.00. The summed E-state index contributed by atoms with van der Waals surface area (Å²) in [7, 11) is 0. The third-order valence-electron chi connectivity index (χ3n) is 5.83. The molecule has 1 saturated carbocycles. The summed E-state index contributed by atoms with van der Waals surface area (Å²) in [5, 5.41) is 7.07. The SMILES string of the molecule is C1CC2(CCC1CN1CC3CC1CN3)CNC2.CC. The zero-order valence-electron chi connectivity index (χ0n) is 12.8. The third-order valence-corrected chi connectivity index (χ3v) is 5.83. The van der Waals surface area contributed by atoms with Crippen LogP contribution < -0.4 is 10.6 Å². The van der Waals surface area contributed by atoms with Gasteiger partial charge in [-0.15, -0.1) is 0 Å². The number of hydrogen-bond acceptors (Lipinski definition) is 3. The average Bonchev–Trinajstić information content (AvgIpc) is 3.03. The maximum Gasteiger partial charge on any atom is 0.0236 e. The summed E-state index contributed by atoms with van der Waals surface area (Å²) in [6, 6.07) is 1.70. The van der Waals surface area contributed by atoms with E-state index in [1.807, 2.05) is 13.8 Å². The normalized spacial score (nSPS) is 36.9. The predicted octanol–water partition coefficient (Wildman–Crippen LogP) is 1.84. The lowest BCUT2D eigenvalue weighted by Crippen LogP contribution is -2.55. The fraction of sp³-hybridized carbons (Fsp3) is 1.00. The van der Waals surface area contributed by atoms with Gasteiger partial charge < -0.3 is 10.6 Å². The lowest BCUT2D eigenvalue weighted by molar-refractivity contribution is 0.0644. The zero-order chi connectivity index (χ0) is 13.3. The second-order valence-corrected chi connectivity index (χ2v) is 7.00. The summed E-state index contributed by atoms with van der Waals surface area (Å²) < 4.78 is 0. The second kappa shape index (κ2) is 5.71. The topological polar surface area (TPSA) is 27.3 Å². The maximum absolute atomic E-state index is 3.60. The van der Waals surface area contributed by atoms with Gasteiger partial charge in [0.05, 0.1) is 0 Å². The van der Waals surface area contributed by atoms with Crippen LogP contribution in [0, 0.1) is 11.3 Å². The number of likely N-dealkylation sites (tertiary alicyclic amines) is 1. The molecule has 0 aromatic heterocycles. The van der Waals surface area contributed by atoms with Gasteiger partial charge in [-0.2, -0.15) is 0 Å². The van der Waals surface area contributed by atoms with Crippen molar-refractivity contribution in [3.8, 4) is 0 Å². The molecule has 4 rings (SSSR count). The minimum absolute atomic E-state index is 0.738. The Morgan fingerprint density at radius 3 is 2.37 bits per heavy atom. The van der Waals surface area contributed by atoms with E-state index in [4.69, 9.17) is 0 Å². The Morgan fingerprint density at radius 1 is 1.16 bits per heavy atom. The number of hydrogen-bond donors (Lipinski definition) is 2. The standard InChI is InChI=1S/C14H25N3.C2H6/c1-3-14(9-15-10-14)4-2-11(1)7-17-8-12-5-13(17)6-16-12;1-2/h11-13,15-16H,1-10H2;1-2H3. The van der Waals surface area contributed by atoms with E-state index in [0.29, 0.717) is 0 Å². The lowest BCUT2D eigenvalue weighted by Gasteiger charge is -2.48. The van der Waals surface area contributed by atoms with Crippen LogP contribution in [0.25, 0.3) is 0 Å². The Morgan fingerprint density at radius 2 is 1.89 bits per heavy atom. The van der Waals surface area contributed by atoms with E-state index in [1.165, 1.54) is 64.8 Å². The molecular formula is C16H31N3. The predicted molar refractivity (Wildman–Crippen MR) is 80.4 cm³/mol. The Bertz CT molecular complexity index is 290. The minimum Gasteiger partial charge on any atom is -0.316 e. The number of nitrogens with one attached hydrogen (secondary N) is 2. The van der Waals surface area contributed by atoms with Crippen LogP contribution in [0.2, 0.25) is 0 Å². The molecule has 2 N–H and O–H groups in total. The highest BCUT2D eigenvalue weighted by atomic mass is 15.3. The zero-order valence-corrected chi connectivity index (χ0v) is 12.8. The van der Waals surface area contributed by atoms with E-state index in [2.05, 4.69) is 15.5 Å². The van der Waals surface area contributed by atoms with Gasteiger partial charge in [0.1, 0.15) is 0 Å². The van der Waals surface area contributed by atoms with Crippen LogP contribution in [0.1, 0.15) is 46.0 Å². The summed E-state index contributed by atoms with van der Waals surface area (Å²) in [5.74, 6) is 1.00. The first-order chi connectivity index (χ1) is 9.33. The molecule has 1 aliphatic carbocycles. The van der Waals surface area contributed by atoms with Gasteiger partial charge in [-0.1, -0.05) is 13.8 Å². The number of nitrogens with zero attached hydrogens (tertiary/aromatic N) is 1. The van der Waals surface area contributed by atoms with Crippen molar-refractivity contribution < 1.29 is 0 Å². The molecule has 3 heterocycles. The molecule has 0 aromatic carbocycles. The molecule has 2 bridgehead atoms. The van der Waals surface area contributed by atoms with Gasteiger partial charge in [0.15, 0.2) is 0 Å². The summed E-state index contributed by atoms with van der Waals surface area (Å²) in [4.78, 5) is 2.78. The van der Waals surface area contributed by atoms with Crippen molar-refractivity contribution in [2.45, 2.75) is 58.0 Å². The lowest BCUT2D eigenvalue weighted by atomic mass is 9.67. The molecule has 3 heteroatoms. The van der Waals surface area contributed by atoms with Gasteiger partial charge >= 0.3 is 0 Å². The molecule has 1 spiro atoms. The molecule has 3 nitrogen and oxygen atoms in total. The highest BCUT2D eigenvalue weighted by Crippen LogP contribution is 2.42. The fourth-order valence-electron chi connectivity index (χ4n) is 4.51. The highest BCUT2D eigenvalue weighted by molar-refractivity contribution is 5.00. The first-order valence-electron chi connectivity index (χ1n) is 8.51. The summed E-state index contributed by atoms with van der Waals surface area (Å²) >= 11 is 0. The maximum atomic E-state index is 3.60. The van der Waals surface area contributed by atoms with Gasteiger partial charge in [-0.3, -0.25) is 4.90 Å². The van der Waals surface area contributed by atoms with E-state index in [-0.39, 0.29) is 0 Å². The van der Waals surface area contributed by atoms with Gasteiger partial charge in [0, 0.05) is 44.8 Å². The number of piperazine rings is 1. The minimum atomic E-state index is 0.738. The quantitative estimate of drug-likeness (QED) is 0.798. The largest absolute Gasteiger partial charge is 0.316 e.